The maximum atomic E-state index is 12.6. The van der Waals surface area contributed by atoms with Crippen LogP contribution >= 0.6 is 11.6 Å². The topological polar surface area (TPSA) is 29.5 Å². The van der Waals surface area contributed by atoms with Crippen LogP contribution in [0.5, 0.6) is 0 Å². The Morgan fingerprint density at radius 1 is 1.30 bits per heavy atom. The summed E-state index contributed by atoms with van der Waals surface area (Å²) in [5.74, 6) is -1.26. The summed E-state index contributed by atoms with van der Waals surface area (Å²) < 4.78 is 42.9. The summed E-state index contributed by atoms with van der Waals surface area (Å²) in [5.41, 5.74) is 0.299. The molecule has 0 aliphatic rings. The fourth-order valence-electron chi connectivity index (χ4n) is 1.37. The van der Waals surface area contributed by atoms with Crippen LogP contribution in [-0.4, -0.2) is 30.3 Å². The standard InChI is InChI=1S/C13H15ClF3NO2/c1-9(2)20-8-18(10-6-4-3-5-7-10)12(19)11(14)13(15,16)17/h3-7,9,11H,8H2,1-2H3. The number of nitrogens with zero attached hydrogens (tertiary/aromatic N) is 1. The normalized spacial score (nSPS) is 13.3. The van der Waals surface area contributed by atoms with Gasteiger partial charge in [-0.05, 0) is 26.0 Å². The van der Waals surface area contributed by atoms with Gasteiger partial charge in [0.15, 0.2) is 0 Å². The first-order valence-electron chi connectivity index (χ1n) is 5.92. The van der Waals surface area contributed by atoms with Crippen molar-refractivity contribution >= 4 is 23.2 Å². The lowest BCUT2D eigenvalue weighted by Gasteiger charge is -2.26. The number of halogens is 4. The van der Waals surface area contributed by atoms with Gasteiger partial charge in [-0.3, -0.25) is 9.69 Å². The van der Waals surface area contributed by atoms with E-state index in [-0.39, 0.29) is 12.8 Å². The van der Waals surface area contributed by atoms with Gasteiger partial charge in [-0.25, -0.2) is 0 Å². The first-order chi connectivity index (χ1) is 9.23. The van der Waals surface area contributed by atoms with E-state index in [4.69, 9.17) is 16.3 Å². The molecule has 1 aromatic carbocycles. The minimum Gasteiger partial charge on any atom is -0.358 e. The van der Waals surface area contributed by atoms with E-state index in [1.807, 2.05) is 0 Å². The van der Waals surface area contributed by atoms with E-state index in [1.54, 1.807) is 32.0 Å². The molecule has 0 saturated heterocycles. The van der Waals surface area contributed by atoms with E-state index in [9.17, 15) is 18.0 Å². The van der Waals surface area contributed by atoms with Crippen LogP contribution in [0.25, 0.3) is 0 Å². The molecule has 0 aliphatic heterocycles. The van der Waals surface area contributed by atoms with Crippen molar-refractivity contribution in [2.75, 3.05) is 11.6 Å². The number of hydrogen-bond donors (Lipinski definition) is 0. The number of carbonyl (C=O) groups is 1. The van der Waals surface area contributed by atoms with Crippen LogP contribution in [0, 0.1) is 0 Å². The molecular weight excluding hydrogens is 295 g/mol. The fourth-order valence-corrected chi connectivity index (χ4v) is 1.49. The molecule has 1 aromatic rings. The van der Waals surface area contributed by atoms with Crippen LogP contribution < -0.4 is 4.90 Å². The summed E-state index contributed by atoms with van der Waals surface area (Å²) in [5, 5.41) is -2.60. The number of benzene rings is 1. The zero-order valence-electron chi connectivity index (χ0n) is 11.0. The Hall–Kier alpha value is -1.27. The molecule has 1 unspecified atom stereocenters. The maximum absolute atomic E-state index is 12.6. The van der Waals surface area contributed by atoms with Gasteiger partial charge in [0, 0.05) is 5.69 Å². The van der Waals surface area contributed by atoms with Crippen LogP contribution in [0.1, 0.15) is 13.8 Å². The second-order valence-electron chi connectivity index (χ2n) is 4.35. The number of hydrogen-bond acceptors (Lipinski definition) is 2. The average molecular weight is 310 g/mol. The Labute approximate surface area is 120 Å². The molecule has 112 valence electrons. The van der Waals surface area contributed by atoms with Crippen molar-refractivity contribution in [3.8, 4) is 0 Å². The second kappa shape index (κ2) is 6.95. The zero-order chi connectivity index (χ0) is 15.3. The molecule has 0 spiro atoms. The van der Waals surface area contributed by atoms with E-state index in [2.05, 4.69) is 0 Å². The minimum absolute atomic E-state index is 0.228. The summed E-state index contributed by atoms with van der Waals surface area (Å²) in [7, 11) is 0. The molecule has 0 radical (unpaired) electrons. The highest BCUT2D eigenvalue weighted by atomic mass is 35.5. The monoisotopic (exact) mass is 309 g/mol. The number of ether oxygens (including phenoxy) is 1. The molecule has 1 amide bonds. The van der Waals surface area contributed by atoms with Crippen LogP contribution in [0.15, 0.2) is 30.3 Å². The van der Waals surface area contributed by atoms with Crippen molar-refractivity contribution in [1.82, 2.24) is 0 Å². The average Bonchev–Trinajstić information content (AvgIpc) is 2.37. The molecule has 7 heteroatoms. The Bertz CT molecular complexity index is 437. The van der Waals surface area contributed by atoms with Crippen molar-refractivity contribution in [2.45, 2.75) is 31.5 Å². The molecule has 0 aliphatic carbocycles. The lowest BCUT2D eigenvalue weighted by atomic mass is 10.2. The predicted molar refractivity (Wildman–Crippen MR) is 70.7 cm³/mol. The van der Waals surface area contributed by atoms with Gasteiger partial charge in [0.1, 0.15) is 6.73 Å². The molecule has 1 atom stereocenters. The third kappa shape index (κ3) is 4.68. The molecule has 1 rings (SSSR count). The lowest BCUT2D eigenvalue weighted by molar-refractivity contribution is -0.150. The van der Waals surface area contributed by atoms with Crippen LogP contribution in [0.4, 0.5) is 18.9 Å². The molecule has 0 heterocycles. The number of amides is 1. The SMILES string of the molecule is CC(C)OCN(C(=O)C(Cl)C(F)(F)F)c1ccccc1. The van der Waals surface area contributed by atoms with E-state index in [0.29, 0.717) is 5.69 Å². The molecule has 0 N–H and O–H groups in total. The molecule has 0 fully saturated rings. The predicted octanol–water partition coefficient (Wildman–Crippen LogP) is 3.57. The first kappa shape index (κ1) is 16.8. The van der Waals surface area contributed by atoms with E-state index < -0.39 is 17.5 Å². The highest BCUT2D eigenvalue weighted by molar-refractivity contribution is 6.33. The Morgan fingerprint density at radius 3 is 2.30 bits per heavy atom. The highest BCUT2D eigenvalue weighted by Gasteiger charge is 2.45. The molecule has 20 heavy (non-hydrogen) atoms. The van der Waals surface area contributed by atoms with Gasteiger partial charge in [0.2, 0.25) is 5.38 Å². The highest BCUT2D eigenvalue weighted by Crippen LogP contribution is 2.28. The van der Waals surface area contributed by atoms with E-state index in [0.717, 1.165) is 4.90 Å². The van der Waals surface area contributed by atoms with Gasteiger partial charge >= 0.3 is 6.18 Å². The summed E-state index contributed by atoms with van der Waals surface area (Å²) >= 11 is 5.20. The van der Waals surface area contributed by atoms with Gasteiger partial charge in [-0.2, -0.15) is 13.2 Å². The summed E-state index contributed by atoms with van der Waals surface area (Å²) in [6.07, 6.45) is -5.03. The number of rotatable bonds is 5. The lowest BCUT2D eigenvalue weighted by Crippen LogP contribution is -2.45. The minimum atomic E-state index is -4.80. The van der Waals surface area contributed by atoms with Crippen molar-refractivity contribution in [3.63, 3.8) is 0 Å². The van der Waals surface area contributed by atoms with Crippen molar-refractivity contribution < 1.29 is 22.7 Å². The fraction of sp³-hybridized carbons (Fsp3) is 0.462. The van der Waals surface area contributed by atoms with Gasteiger partial charge < -0.3 is 4.74 Å². The largest absolute Gasteiger partial charge is 0.413 e. The number of carbonyl (C=O) groups excluding carboxylic acids is 1. The van der Waals surface area contributed by atoms with Gasteiger partial charge in [-0.1, -0.05) is 18.2 Å². The van der Waals surface area contributed by atoms with Crippen molar-refractivity contribution in [3.05, 3.63) is 30.3 Å². The van der Waals surface area contributed by atoms with Gasteiger partial charge in [0.05, 0.1) is 6.10 Å². The quantitative estimate of drug-likeness (QED) is 0.614. The zero-order valence-corrected chi connectivity index (χ0v) is 11.8. The maximum Gasteiger partial charge on any atom is 0.413 e. The van der Waals surface area contributed by atoms with Crippen molar-refractivity contribution in [2.24, 2.45) is 0 Å². The smallest absolute Gasteiger partial charge is 0.358 e. The number of anilines is 1. The Morgan fingerprint density at radius 2 is 1.85 bits per heavy atom. The first-order valence-corrected chi connectivity index (χ1v) is 6.36. The van der Waals surface area contributed by atoms with Crippen LogP contribution in [0.2, 0.25) is 0 Å². The van der Waals surface area contributed by atoms with Crippen LogP contribution in [0.3, 0.4) is 0 Å². The Kier molecular flexibility index (Phi) is 5.83. The number of para-hydroxylation sites is 1. The van der Waals surface area contributed by atoms with E-state index >= 15 is 0 Å². The van der Waals surface area contributed by atoms with Gasteiger partial charge in [-0.15, -0.1) is 11.6 Å². The molecule has 0 bridgehead atoms. The number of alkyl halides is 4. The van der Waals surface area contributed by atoms with Gasteiger partial charge in [0.25, 0.3) is 5.91 Å². The second-order valence-corrected chi connectivity index (χ2v) is 4.79. The third-order valence-corrected chi connectivity index (χ3v) is 2.81. The van der Waals surface area contributed by atoms with Crippen molar-refractivity contribution in [1.29, 1.82) is 0 Å². The molecule has 0 saturated carbocycles. The summed E-state index contributed by atoms with van der Waals surface area (Å²) in [6.45, 7) is 3.14. The molecular formula is C13H15ClF3NO2. The third-order valence-electron chi connectivity index (χ3n) is 2.38. The summed E-state index contributed by atoms with van der Waals surface area (Å²) in [4.78, 5) is 12.8. The van der Waals surface area contributed by atoms with E-state index in [1.165, 1.54) is 12.1 Å². The van der Waals surface area contributed by atoms with Crippen LogP contribution in [-0.2, 0) is 9.53 Å². The Balaban J connectivity index is 2.96. The summed E-state index contributed by atoms with van der Waals surface area (Å²) in [6, 6.07) is 7.95. The molecule has 0 aromatic heterocycles. The molecule has 3 nitrogen and oxygen atoms in total.